The second-order valence-electron chi connectivity index (χ2n) is 14.6. The average molecular weight is 965 g/mol. The van der Waals surface area contributed by atoms with Crippen LogP contribution in [-0.2, 0) is 14.3 Å². The molecule has 8 rings (SSSR count). The third-order valence-corrected chi connectivity index (χ3v) is 14.8. The van der Waals surface area contributed by atoms with Gasteiger partial charge < -0.3 is 43.2 Å². The number of methoxy groups -OCH3 is 4. The van der Waals surface area contributed by atoms with E-state index in [1.54, 1.807) is 62.4 Å². The van der Waals surface area contributed by atoms with Crippen LogP contribution < -0.4 is 33.7 Å². The van der Waals surface area contributed by atoms with Gasteiger partial charge in [0.15, 0.2) is 27.3 Å². The Bertz CT molecular complexity index is 2720. The number of carbonyl (C=O) groups is 2. The van der Waals surface area contributed by atoms with Gasteiger partial charge >= 0.3 is 12.1 Å². The first-order valence-electron chi connectivity index (χ1n) is 20.4. The highest BCUT2D eigenvalue weighted by molar-refractivity contribution is 8.01. The minimum Gasteiger partial charge on any atom is -0.493 e. The summed E-state index contributed by atoms with van der Waals surface area (Å²) in [5, 5.41) is 4.21. The first-order chi connectivity index (χ1) is 32.2. The Morgan fingerprint density at radius 1 is 0.636 bits per heavy atom. The van der Waals surface area contributed by atoms with Gasteiger partial charge in [-0.05, 0) is 60.7 Å². The lowest BCUT2D eigenvalue weighted by Gasteiger charge is -2.33. The van der Waals surface area contributed by atoms with E-state index in [1.807, 2.05) is 97.1 Å². The number of benzene rings is 5. The van der Waals surface area contributed by atoms with Gasteiger partial charge in [0.2, 0.25) is 11.5 Å². The molecule has 1 amide bonds. The maximum atomic E-state index is 13.3. The van der Waals surface area contributed by atoms with Crippen molar-refractivity contribution < 1.29 is 47.5 Å². The number of hydrogen-bond acceptors (Lipinski definition) is 17. The van der Waals surface area contributed by atoms with Crippen molar-refractivity contribution in [2.24, 2.45) is 5.41 Å². The van der Waals surface area contributed by atoms with E-state index in [9.17, 15) is 9.59 Å². The Morgan fingerprint density at radius 2 is 1.09 bits per heavy atom. The van der Waals surface area contributed by atoms with Crippen molar-refractivity contribution in [2.45, 2.75) is 4.34 Å². The number of nitrogens with one attached hydrogen (secondary N) is 1. The molecule has 0 aliphatic rings. The van der Waals surface area contributed by atoms with Crippen LogP contribution in [0.4, 0.5) is 4.79 Å². The summed E-state index contributed by atoms with van der Waals surface area (Å²) in [4.78, 5) is 39.5. The van der Waals surface area contributed by atoms with Gasteiger partial charge in [0.1, 0.15) is 36.4 Å². The molecule has 0 saturated carbocycles. The molecule has 0 spiro atoms. The quantitative estimate of drug-likeness (QED) is 0.0314. The van der Waals surface area contributed by atoms with Crippen molar-refractivity contribution in [2.75, 3.05) is 67.2 Å². The lowest BCUT2D eigenvalue weighted by atomic mass is 9.93. The zero-order valence-corrected chi connectivity index (χ0v) is 39.6. The third-order valence-electron chi connectivity index (χ3n) is 10.1. The summed E-state index contributed by atoms with van der Waals surface area (Å²) in [6, 6.07) is 31.2. The van der Waals surface area contributed by atoms with E-state index in [0.29, 0.717) is 40.2 Å². The van der Waals surface area contributed by atoms with Crippen molar-refractivity contribution in [3.05, 3.63) is 110 Å². The zero-order valence-electron chi connectivity index (χ0n) is 36.3. The van der Waals surface area contributed by atoms with Gasteiger partial charge in [0.05, 0.1) is 71.0 Å². The highest BCUT2D eigenvalue weighted by Crippen LogP contribution is 2.46. The number of alkyl carbamates (subject to hydrolysis) is 1. The number of thiazole rings is 3. The first kappa shape index (κ1) is 45.9. The molecule has 0 unspecified atom stereocenters. The van der Waals surface area contributed by atoms with Crippen molar-refractivity contribution in [1.29, 1.82) is 0 Å². The normalized spacial score (nSPS) is 11.3. The summed E-state index contributed by atoms with van der Waals surface area (Å²) in [5.74, 6) is 1.93. The topological polar surface area (TPSA) is 159 Å². The maximum absolute atomic E-state index is 13.3. The average Bonchev–Trinajstić information content (AvgIpc) is 4.11. The number of thioether (sulfide) groups is 1. The molecule has 14 nitrogen and oxygen atoms in total. The van der Waals surface area contributed by atoms with E-state index in [-0.39, 0.29) is 33.0 Å². The fourth-order valence-corrected chi connectivity index (χ4v) is 10.9. The number of nitrogens with zero attached hydrogens (tertiary/aromatic N) is 3. The van der Waals surface area contributed by atoms with E-state index >= 15 is 0 Å². The predicted octanol–water partition coefficient (Wildman–Crippen LogP) is 10.6. The largest absolute Gasteiger partial charge is 0.493 e. The summed E-state index contributed by atoms with van der Waals surface area (Å²) < 4.78 is 52.2. The van der Waals surface area contributed by atoms with Crippen LogP contribution >= 0.6 is 45.8 Å². The number of fused-ring (bicyclic) bond motifs is 3. The molecule has 0 atom stereocenters. The third kappa shape index (κ3) is 10.6. The summed E-state index contributed by atoms with van der Waals surface area (Å²) in [6.07, 6.45) is 0.303. The minimum atomic E-state index is -1.11. The SMILES string of the molecule is C=CC(=O)OCCNC(=O)OCC(COc1c(OC)cc(-c2nc3ccccc3s2)cc1OC)(COc1c(OC)cc(-c2nc3ccccc3s2)cc1OC)CSc1nc2ccccc2s1. The first-order valence-corrected chi connectivity index (χ1v) is 23.8. The lowest BCUT2D eigenvalue weighted by molar-refractivity contribution is -0.137. The molecule has 0 aliphatic carbocycles. The highest BCUT2D eigenvalue weighted by atomic mass is 32.2. The Labute approximate surface area is 396 Å². The van der Waals surface area contributed by atoms with Crippen LogP contribution in [0.5, 0.6) is 34.5 Å². The van der Waals surface area contributed by atoms with Gasteiger partial charge in [-0.1, -0.05) is 54.7 Å². The molecule has 3 heterocycles. The van der Waals surface area contributed by atoms with E-state index in [2.05, 4.69) is 11.9 Å². The smallest absolute Gasteiger partial charge is 0.407 e. The van der Waals surface area contributed by atoms with Crippen molar-refractivity contribution in [1.82, 2.24) is 20.3 Å². The summed E-state index contributed by atoms with van der Waals surface area (Å²) in [7, 11) is 6.22. The molecule has 0 aliphatic heterocycles. The fraction of sp³-hybridized carbons (Fsp3) is 0.229. The van der Waals surface area contributed by atoms with Crippen molar-refractivity contribution in [3.63, 3.8) is 0 Å². The molecule has 66 heavy (non-hydrogen) atoms. The van der Waals surface area contributed by atoms with Crippen LogP contribution in [0.3, 0.4) is 0 Å². The molecule has 340 valence electrons. The van der Waals surface area contributed by atoms with Gasteiger partial charge in [-0.15, -0.1) is 34.0 Å². The monoisotopic (exact) mass is 964 g/mol. The summed E-state index contributed by atoms with van der Waals surface area (Å²) in [6.45, 7) is 2.98. The second kappa shape index (κ2) is 21.1. The van der Waals surface area contributed by atoms with E-state index < -0.39 is 17.5 Å². The lowest BCUT2D eigenvalue weighted by Crippen LogP contribution is -2.44. The molecule has 0 radical (unpaired) electrons. The minimum absolute atomic E-state index is 0.00365. The number of rotatable bonds is 21. The molecule has 0 saturated heterocycles. The number of esters is 1. The number of ether oxygens (including phenoxy) is 8. The van der Waals surface area contributed by atoms with E-state index in [4.69, 9.17) is 52.8 Å². The van der Waals surface area contributed by atoms with Crippen LogP contribution in [0, 0.1) is 5.41 Å². The second-order valence-corrected chi connectivity index (χ2v) is 18.9. The Balaban J connectivity index is 1.15. The zero-order chi connectivity index (χ0) is 46.0. The number of amides is 1. The van der Waals surface area contributed by atoms with Crippen LogP contribution in [0.25, 0.3) is 51.8 Å². The van der Waals surface area contributed by atoms with Crippen molar-refractivity contribution in [3.8, 4) is 55.6 Å². The van der Waals surface area contributed by atoms with Crippen molar-refractivity contribution >= 4 is 88.5 Å². The molecule has 5 aromatic carbocycles. The molecular weight excluding hydrogens is 921 g/mol. The maximum Gasteiger partial charge on any atom is 0.407 e. The Kier molecular flexibility index (Phi) is 14.7. The molecule has 3 aromatic heterocycles. The Morgan fingerprint density at radius 3 is 1.53 bits per heavy atom. The number of para-hydroxylation sites is 3. The van der Waals surface area contributed by atoms with Crippen LogP contribution in [0.1, 0.15) is 0 Å². The standard InChI is InChI=1S/C48H44N4O10S4/c1-6-41(53)59-20-19-49-46(54)62-27-48(28-63-47-52-33-15-9-12-18-40(33)66-47,25-60-42-34(55-2)21-29(22-35(42)56-3)44-50-31-13-7-10-16-38(31)64-44)26-61-43-36(57-4)23-30(24-37(43)58-5)45-51-32-14-8-11-17-39(32)65-45/h6-18,21-24H,1,19-20,25-28H2,2-5H3,(H,49,54). The van der Waals surface area contributed by atoms with E-state index in [0.717, 1.165) is 62.2 Å². The molecule has 1 N–H and O–H groups in total. The molecule has 0 bridgehead atoms. The predicted molar refractivity (Wildman–Crippen MR) is 261 cm³/mol. The molecular formula is C48H44N4O10S4. The van der Waals surface area contributed by atoms with Crippen LogP contribution in [-0.4, -0.2) is 94.2 Å². The highest BCUT2D eigenvalue weighted by Gasteiger charge is 2.37. The molecule has 8 aromatic rings. The van der Waals surface area contributed by atoms with Crippen LogP contribution in [0.2, 0.25) is 0 Å². The number of hydrogen-bond donors (Lipinski definition) is 1. The van der Waals surface area contributed by atoms with Gasteiger partial charge in [-0.3, -0.25) is 0 Å². The number of aromatic nitrogens is 3. The Hall–Kier alpha value is -6.60. The van der Waals surface area contributed by atoms with E-state index in [1.165, 1.54) is 11.8 Å². The van der Waals surface area contributed by atoms with Gasteiger partial charge in [-0.2, -0.15) is 0 Å². The summed E-state index contributed by atoms with van der Waals surface area (Å²) in [5.41, 5.74) is 3.08. The molecule has 18 heteroatoms. The van der Waals surface area contributed by atoms with Gasteiger partial charge in [0, 0.05) is 23.0 Å². The fourth-order valence-electron chi connectivity index (χ4n) is 6.74. The number of carbonyl (C=O) groups excluding carboxylic acids is 2. The van der Waals surface area contributed by atoms with Gasteiger partial charge in [-0.25, -0.2) is 24.5 Å². The molecule has 0 fully saturated rings. The summed E-state index contributed by atoms with van der Waals surface area (Å²) >= 11 is 6.13. The van der Waals surface area contributed by atoms with Crippen LogP contribution in [0.15, 0.2) is 114 Å². The van der Waals surface area contributed by atoms with Gasteiger partial charge in [0.25, 0.3) is 0 Å².